The summed E-state index contributed by atoms with van der Waals surface area (Å²) in [7, 11) is 0. The van der Waals surface area contributed by atoms with Crippen LogP contribution < -0.4 is 5.32 Å². The maximum absolute atomic E-state index is 12.7. The highest BCUT2D eigenvalue weighted by Crippen LogP contribution is 2.38. The van der Waals surface area contributed by atoms with Gasteiger partial charge < -0.3 is 4.90 Å². The van der Waals surface area contributed by atoms with Gasteiger partial charge in [-0.05, 0) is 38.0 Å². The van der Waals surface area contributed by atoms with Gasteiger partial charge >= 0.3 is 0 Å². The van der Waals surface area contributed by atoms with Crippen LogP contribution >= 0.6 is 0 Å². The molecule has 0 aromatic heterocycles. The molecule has 3 fully saturated rings. The second-order valence-corrected chi connectivity index (χ2v) is 6.44. The van der Waals surface area contributed by atoms with Crippen LogP contribution in [0, 0.1) is 5.92 Å². The summed E-state index contributed by atoms with van der Waals surface area (Å²) in [6.07, 6.45) is 11.3. The lowest BCUT2D eigenvalue weighted by atomic mass is 9.98. The summed E-state index contributed by atoms with van der Waals surface area (Å²) in [5.41, 5.74) is -0.166. The molecular weight excluding hydrogens is 224 g/mol. The van der Waals surface area contributed by atoms with Gasteiger partial charge in [-0.1, -0.05) is 32.6 Å². The van der Waals surface area contributed by atoms with E-state index in [0.717, 1.165) is 31.7 Å². The highest BCUT2D eigenvalue weighted by molar-refractivity contribution is 5.89. The molecule has 1 heterocycles. The third-order valence-electron chi connectivity index (χ3n) is 5.04. The Morgan fingerprint density at radius 1 is 1.33 bits per heavy atom. The highest BCUT2D eigenvalue weighted by Gasteiger charge is 2.51. The summed E-state index contributed by atoms with van der Waals surface area (Å²) >= 11 is 0. The molecule has 3 heteroatoms. The lowest BCUT2D eigenvalue weighted by Gasteiger charge is -2.23. The maximum Gasteiger partial charge on any atom is 0.244 e. The molecule has 0 aromatic carbocycles. The Hall–Kier alpha value is -0.570. The minimum atomic E-state index is -0.166. The van der Waals surface area contributed by atoms with Crippen molar-refractivity contribution in [1.82, 2.24) is 10.2 Å². The molecule has 3 rings (SSSR count). The normalized spacial score (nSPS) is 30.6. The number of carbonyl (C=O) groups excluding carboxylic acids is 1. The van der Waals surface area contributed by atoms with Crippen molar-refractivity contribution in [2.75, 3.05) is 6.54 Å². The van der Waals surface area contributed by atoms with Crippen LogP contribution in [0.1, 0.15) is 64.7 Å². The Bertz CT molecular complexity index is 318. The van der Waals surface area contributed by atoms with Gasteiger partial charge in [-0.25, -0.2) is 0 Å². The molecule has 1 amide bonds. The Balaban J connectivity index is 1.61. The standard InChI is InChI=1S/C15H26N2O/c1-2-13-16-15(9-3-4-10-15)14(18)17(13)11-5-6-12-7-8-12/h12-13,16H,2-11H2,1H3. The second-order valence-electron chi connectivity index (χ2n) is 6.44. The monoisotopic (exact) mass is 250 g/mol. The molecular formula is C15H26N2O. The molecule has 3 aliphatic rings. The Labute approximate surface area is 110 Å². The molecule has 0 aromatic rings. The summed E-state index contributed by atoms with van der Waals surface area (Å²) in [6.45, 7) is 3.16. The first-order valence-electron chi connectivity index (χ1n) is 7.84. The lowest BCUT2D eigenvalue weighted by Crippen LogP contribution is -2.44. The summed E-state index contributed by atoms with van der Waals surface area (Å²) in [5.74, 6) is 1.39. The van der Waals surface area contributed by atoms with Crippen molar-refractivity contribution in [3.05, 3.63) is 0 Å². The Morgan fingerprint density at radius 2 is 2.06 bits per heavy atom. The predicted molar refractivity (Wildman–Crippen MR) is 72.1 cm³/mol. The summed E-state index contributed by atoms with van der Waals surface area (Å²) in [4.78, 5) is 14.8. The van der Waals surface area contributed by atoms with Gasteiger partial charge in [0.15, 0.2) is 0 Å². The van der Waals surface area contributed by atoms with E-state index in [4.69, 9.17) is 0 Å². The summed E-state index contributed by atoms with van der Waals surface area (Å²) in [6, 6.07) is 0. The van der Waals surface area contributed by atoms with Crippen LogP contribution in [0.4, 0.5) is 0 Å². The molecule has 18 heavy (non-hydrogen) atoms. The van der Waals surface area contributed by atoms with E-state index in [1.807, 2.05) is 0 Å². The predicted octanol–water partition coefficient (Wildman–Crippen LogP) is 2.66. The number of rotatable bonds is 5. The fourth-order valence-electron chi connectivity index (χ4n) is 3.75. The Kier molecular flexibility index (Phi) is 3.35. The van der Waals surface area contributed by atoms with Crippen LogP contribution in [-0.2, 0) is 4.79 Å². The largest absolute Gasteiger partial charge is 0.326 e. The smallest absolute Gasteiger partial charge is 0.244 e. The fraction of sp³-hybridized carbons (Fsp3) is 0.933. The SMILES string of the molecule is CCC1NC2(CCCC2)C(=O)N1CCCC1CC1. The van der Waals surface area contributed by atoms with Crippen LogP contribution in [-0.4, -0.2) is 29.1 Å². The zero-order valence-electron chi connectivity index (χ0n) is 11.6. The average Bonchev–Trinajstić information content (AvgIpc) is 3.02. The zero-order chi connectivity index (χ0) is 12.6. The van der Waals surface area contributed by atoms with Gasteiger partial charge in [0.2, 0.25) is 5.91 Å². The number of nitrogens with one attached hydrogen (secondary N) is 1. The molecule has 2 aliphatic carbocycles. The van der Waals surface area contributed by atoms with Gasteiger partial charge in [0.25, 0.3) is 0 Å². The fourth-order valence-corrected chi connectivity index (χ4v) is 3.75. The number of nitrogens with zero attached hydrogens (tertiary/aromatic N) is 1. The molecule has 102 valence electrons. The number of amides is 1. The topological polar surface area (TPSA) is 32.3 Å². The van der Waals surface area contributed by atoms with E-state index < -0.39 is 0 Å². The first kappa shape index (κ1) is 12.5. The van der Waals surface area contributed by atoms with E-state index in [0.29, 0.717) is 12.1 Å². The van der Waals surface area contributed by atoms with E-state index in [1.165, 1.54) is 38.5 Å². The van der Waals surface area contributed by atoms with Crippen molar-refractivity contribution in [2.45, 2.75) is 76.4 Å². The number of carbonyl (C=O) groups is 1. The van der Waals surface area contributed by atoms with Gasteiger partial charge in [-0.3, -0.25) is 10.1 Å². The number of hydrogen-bond acceptors (Lipinski definition) is 2. The second kappa shape index (κ2) is 4.84. The minimum Gasteiger partial charge on any atom is -0.326 e. The zero-order valence-corrected chi connectivity index (χ0v) is 11.6. The van der Waals surface area contributed by atoms with Crippen molar-refractivity contribution in [3.63, 3.8) is 0 Å². The third kappa shape index (κ3) is 2.18. The molecule has 0 radical (unpaired) electrons. The van der Waals surface area contributed by atoms with Crippen LogP contribution in [0.3, 0.4) is 0 Å². The molecule has 1 saturated heterocycles. The first-order chi connectivity index (χ1) is 8.75. The van der Waals surface area contributed by atoms with Crippen LogP contribution in [0.5, 0.6) is 0 Å². The van der Waals surface area contributed by atoms with E-state index >= 15 is 0 Å². The lowest BCUT2D eigenvalue weighted by molar-refractivity contribution is -0.133. The first-order valence-corrected chi connectivity index (χ1v) is 7.84. The minimum absolute atomic E-state index is 0.166. The van der Waals surface area contributed by atoms with E-state index in [-0.39, 0.29) is 5.54 Å². The van der Waals surface area contributed by atoms with Gasteiger partial charge in [0.1, 0.15) is 0 Å². The number of hydrogen-bond donors (Lipinski definition) is 1. The van der Waals surface area contributed by atoms with Gasteiger partial charge in [-0.2, -0.15) is 0 Å². The van der Waals surface area contributed by atoms with Crippen LogP contribution in [0.2, 0.25) is 0 Å². The van der Waals surface area contributed by atoms with Gasteiger partial charge in [0.05, 0.1) is 11.7 Å². The van der Waals surface area contributed by atoms with E-state index in [1.54, 1.807) is 0 Å². The molecule has 3 nitrogen and oxygen atoms in total. The maximum atomic E-state index is 12.7. The van der Waals surface area contributed by atoms with Crippen molar-refractivity contribution in [2.24, 2.45) is 5.92 Å². The van der Waals surface area contributed by atoms with Gasteiger partial charge in [-0.15, -0.1) is 0 Å². The molecule has 1 aliphatic heterocycles. The van der Waals surface area contributed by atoms with Crippen LogP contribution in [0.15, 0.2) is 0 Å². The van der Waals surface area contributed by atoms with Crippen molar-refractivity contribution in [3.8, 4) is 0 Å². The van der Waals surface area contributed by atoms with E-state index in [2.05, 4.69) is 17.1 Å². The van der Waals surface area contributed by atoms with Crippen molar-refractivity contribution in [1.29, 1.82) is 0 Å². The molecule has 1 N–H and O–H groups in total. The molecule has 1 unspecified atom stereocenters. The Morgan fingerprint density at radius 3 is 2.67 bits per heavy atom. The van der Waals surface area contributed by atoms with Crippen molar-refractivity contribution < 1.29 is 4.79 Å². The van der Waals surface area contributed by atoms with Crippen molar-refractivity contribution >= 4 is 5.91 Å². The third-order valence-corrected chi connectivity index (χ3v) is 5.04. The van der Waals surface area contributed by atoms with Gasteiger partial charge in [0, 0.05) is 6.54 Å². The van der Waals surface area contributed by atoms with E-state index in [9.17, 15) is 4.79 Å². The molecule has 2 saturated carbocycles. The summed E-state index contributed by atoms with van der Waals surface area (Å²) in [5, 5.41) is 3.65. The highest BCUT2D eigenvalue weighted by atomic mass is 16.2. The average molecular weight is 250 g/mol. The van der Waals surface area contributed by atoms with Crippen LogP contribution in [0.25, 0.3) is 0 Å². The molecule has 1 atom stereocenters. The molecule has 1 spiro atoms. The quantitative estimate of drug-likeness (QED) is 0.813. The molecule has 0 bridgehead atoms. The summed E-state index contributed by atoms with van der Waals surface area (Å²) < 4.78 is 0.